The molecule has 1 aliphatic carbocycles. The van der Waals surface area contributed by atoms with Crippen LogP contribution in [0.5, 0.6) is 0 Å². The van der Waals surface area contributed by atoms with E-state index in [9.17, 15) is 24.0 Å². The average molecular weight is 653 g/mol. The van der Waals surface area contributed by atoms with E-state index >= 15 is 0 Å². The molecule has 0 bridgehead atoms. The Morgan fingerprint density at radius 2 is 1.83 bits per heavy atom. The van der Waals surface area contributed by atoms with E-state index in [1.807, 2.05) is 13.0 Å². The molecular formula is C36H33FN4O3S2. The first kappa shape index (κ1) is 32.7. The van der Waals surface area contributed by atoms with Crippen LogP contribution in [0.2, 0.25) is 0 Å². The van der Waals surface area contributed by atoms with Crippen LogP contribution in [0.1, 0.15) is 58.6 Å². The molecule has 46 heavy (non-hydrogen) atoms. The quantitative estimate of drug-likeness (QED) is 0.120. The highest BCUT2D eigenvalue weighted by Gasteiger charge is 2.27. The number of anilines is 2. The number of carbonyl (C=O) groups excluding carboxylic acids is 3. The van der Waals surface area contributed by atoms with Gasteiger partial charge in [0.15, 0.2) is 0 Å². The largest absolute Gasteiger partial charge is 0.321 e. The lowest BCUT2D eigenvalue weighted by Crippen LogP contribution is -2.30. The van der Waals surface area contributed by atoms with Crippen LogP contribution in [0.3, 0.4) is 0 Å². The Balaban J connectivity index is 1.31. The zero-order chi connectivity index (χ0) is 32.6. The third-order valence-electron chi connectivity index (χ3n) is 7.63. The van der Waals surface area contributed by atoms with Crippen LogP contribution in [0.25, 0.3) is 6.08 Å². The first-order valence-electron chi connectivity index (χ1n) is 15.0. The minimum absolute atomic E-state index is 0.135. The number of nitrogens with zero attached hydrogens (tertiary/aromatic N) is 1. The van der Waals surface area contributed by atoms with Gasteiger partial charge in [-0.15, -0.1) is 23.1 Å². The number of thioether (sulfide) groups is 1. The zero-order valence-electron chi connectivity index (χ0n) is 25.4. The Hall–Kier alpha value is -4.72. The van der Waals surface area contributed by atoms with Gasteiger partial charge in [-0.25, -0.2) is 4.39 Å². The van der Waals surface area contributed by atoms with E-state index in [-0.39, 0.29) is 17.2 Å². The van der Waals surface area contributed by atoms with Crippen LogP contribution in [-0.4, -0.2) is 23.0 Å². The van der Waals surface area contributed by atoms with Crippen LogP contribution >= 0.6 is 23.1 Å². The number of fused-ring (bicyclic) bond motifs is 1. The van der Waals surface area contributed by atoms with Crippen LogP contribution < -0.4 is 16.0 Å². The standard InChI is InChI=1S/C36H33FN4O3S2/c1-3-31(35(44)41-36-28(21-38)27-17-16-22(2)18-32(27)46-36)45-26-14-9-13-25(20-26)39-34(43)30(19-24-12-7-8-15-29(24)37)40-33(42)23-10-5-4-6-11-23/h4-15,19-20,22,31H,3,16-18H2,1-2H3,(H,39,43)(H,40,42)(H,41,44)/b30-19-. The van der Waals surface area contributed by atoms with Gasteiger partial charge in [-0.2, -0.15) is 5.26 Å². The van der Waals surface area contributed by atoms with Crippen molar-refractivity contribution >= 4 is 57.6 Å². The summed E-state index contributed by atoms with van der Waals surface area (Å²) >= 11 is 2.85. The first-order valence-corrected chi connectivity index (χ1v) is 16.7. The highest BCUT2D eigenvalue weighted by molar-refractivity contribution is 8.00. The number of carbonyl (C=O) groups is 3. The summed E-state index contributed by atoms with van der Waals surface area (Å²) in [5.74, 6) is -1.33. The minimum Gasteiger partial charge on any atom is -0.321 e. The number of hydrogen-bond acceptors (Lipinski definition) is 6. The monoisotopic (exact) mass is 652 g/mol. The van der Waals surface area contributed by atoms with E-state index in [0.717, 1.165) is 29.7 Å². The fourth-order valence-corrected chi connectivity index (χ4v) is 7.55. The molecule has 1 heterocycles. The predicted octanol–water partition coefficient (Wildman–Crippen LogP) is 7.80. The molecule has 1 aliphatic rings. The third-order valence-corrected chi connectivity index (χ3v) is 10.2. The molecule has 1 aromatic heterocycles. The summed E-state index contributed by atoms with van der Waals surface area (Å²) in [6.07, 6.45) is 4.63. The summed E-state index contributed by atoms with van der Waals surface area (Å²) in [4.78, 5) is 41.7. The van der Waals surface area contributed by atoms with Gasteiger partial charge in [-0.05, 0) is 79.6 Å². The van der Waals surface area contributed by atoms with Gasteiger partial charge >= 0.3 is 0 Å². The molecule has 4 aromatic rings. The number of halogens is 1. The normalized spacial score (nSPS) is 14.8. The van der Waals surface area contributed by atoms with Gasteiger partial charge in [0, 0.05) is 26.6 Å². The number of amides is 3. The molecule has 3 N–H and O–H groups in total. The predicted molar refractivity (Wildman–Crippen MR) is 182 cm³/mol. The van der Waals surface area contributed by atoms with Crippen molar-refractivity contribution in [2.45, 2.75) is 49.7 Å². The van der Waals surface area contributed by atoms with Crippen molar-refractivity contribution < 1.29 is 18.8 Å². The molecule has 0 aliphatic heterocycles. The van der Waals surface area contributed by atoms with E-state index in [2.05, 4.69) is 28.9 Å². The lowest BCUT2D eigenvalue weighted by Gasteiger charge is -2.17. The fraction of sp³-hybridized carbons (Fsp3) is 0.222. The number of nitrogens with one attached hydrogen (secondary N) is 3. The zero-order valence-corrected chi connectivity index (χ0v) is 27.1. The summed E-state index contributed by atoms with van der Waals surface area (Å²) in [5, 5.41) is 18.4. The first-order chi connectivity index (χ1) is 22.2. The summed E-state index contributed by atoms with van der Waals surface area (Å²) in [5.41, 5.74) is 2.42. The van der Waals surface area contributed by atoms with Crippen LogP contribution in [-0.2, 0) is 22.4 Å². The van der Waals surface area contributed by atoms with Gasteiger partial charge in [0.25, 0.3) is 11.8 Å². The second-order valence-electron chi connectivity index (χ2n) is 11.1. The van der Waals surface area contributed by atoms with Gasteiger partial charge in [0.1, 0.15) is 22.6 Å². The molecule has 2 unspecified atom stereocenters. The Bertz CT molecular complexity index is 1830. The van der Waals surface area contributed by atoms with E-state index in [0.29, 0.717) is 34.2 Å². The second kappa shape index (κ2) is 15.0. The summed E-state index contributed by atoms with van der Waals surface area (Å²) in [6, 6.07) is 23.7. The minimum atomic E-state index is -0.639. The molecule has 0 saturated carbocycles. The molecule has 3 aromatic carbocycles. The van der Waals surface area contributed by atoms with Gasteiger partial charge in [-0.1, -0.05) is 56.3 Å². The van der Waals surface area contributed by atoms with E-state index in [1.54, 1.807) is 60.7 Å². The van der Waals surface area contributed by atoms with Crippen molar-refractivity contribution in [1.29, 1.82) is 5.26 Å². The second-order valence-corrected chi connectivity index (χ2v) is 13.4. The maximum absolute atomic E-state index is 14.5. The molecule has 3 amide bonds. The number of nitriles is 1. The Morgan fingerprint density at radius 3 is 2.57 bits per heavy atom. The van der Waals surface area contributed by atoms with Crippen molar-refractivity contribution in [3.8, 4) is 6.07 Å². The molecule has 0 radical (unpaired) electrons. The average Bonchev–Trinajstić information content (AvgIpc) is 3.40. The van der Waals surface area contributed by atoms with Gasteiger partial charge in [0.05, 0.1) is 10.8 Å². The maximum Gasteiger partial charge on any atom is 0.272 e. The van der Waals surface area contributed by atoms with Crippen LogP contribution in [0.4, 0.5) is 15.1 Å². The smallest absolute Gasteiger partial charge is 0.272 e. The van der Waals surface area contributed by atoms with E-state index < -0.39 is 22.9 Å². The lowest BCUT2D eigenvalue weighted by molar-refractivity contribution is -0.116. The maximum atomic E-state index is 14.5. The molecule has 10 heteroatoms. The third kappa shape index (κ3) is 7.91. The fourth-order valence-electron chi connectivity index (χ4n) is 5.17. The molecule has 5 rings (SSSR count). The molecule has 2 atom stereocenters. The number of hydrogen-bond donors (Lipinski definition) is 3. The van der Waals surface area contributed by atoms with Crippen molar-refractivity contribution in [2.24, 2.45) is 5.92 Å². The highest BCUT2D eigenvalue weighted by Crippen LogP contribution is 2.40. The Morgan fingerprint density at radius 1 is 1.07 bits per heavy atom. The molecule has 0 saturated heterocycles. The Labute approximate surface area is 275 Å². The van der Waals surface area contributed by atoms with Crippen molar-refractivity contribution in [2.75, 3.05) is 10.6 Å². The SMILES string of the molecule is CCC(Sc1cccc(NC(=O)/C(=C/c2ccccc2F)NC(=O)c2ccccc2)c1)C(=O)Nc1sc2c(c1C#N)CCC(C)C2. The molecule has 0 fully saturated rings. The van der Waals surface area contributed by atoms with Crippen LogP contribution in [0, 0.1) is 23.1 Å². The molecule has 7 nitrogen and oxygen atoms in total. The van der Waals surface area contributed by atoms with Crippen LogP contribution in [0.15, 0.2) is 89.5 Å². The van der Waals surface area contributed by atoms with E-state index in [1.165, 1.54) is 46.2 Å². The van der Waals surface area contributed by atoms with E-state index in [4.69, 9.17) is 0 Å². The number of benzene rings is 3. The lowest BCUT2D eigenvalue weighted by atomic mass is 9.88. The summed E-state index contributed by atoms with van der Waals surface area (Å²) in [7, 11) is 0. The van der Waals surface area contributed by atoms with Crippen molar-refractivity contribution in [3.05, 3.63) is 118 Å². The Kier molecular flexibility index (Phi) is 10.7. The van der Waals surface area contributed by atoms with Crippen molar-refractivity contribution in [1.82, 2.24) is 5.32 Å². The molecule has 234 valence electrons. The van der Waals surface area contributed by atoms with Crippen molar-refractivity contribution in [3.63, 3.8) is 0 Å². The van der Waals surface area contributed by atoms with Gasteiger partial charge < -0.3 is 16.0 Å². The number of rotatable bonds is 10. The summed E-state index contributed by atoms with van der Waals surface area (Å²) < 4.78 is 14.5. The topological polar surface area (TPSA) is 111 Å². The van der Waals surface area contributed by atoms with Gasteiger partial charge in [0.2, 0.25) is 5.91 Å². The summed E-state index contributed by atoms with van der Waals surface area (Å²) in [6.45, 7) is 4.12. The molecule has 0 spiro atoms. The van der Waals surface area contributed by atoms with Gasteiger partial charge in [-0.3, -0.25) is 14.4 Å². The highest BCUT2D eigenvalue weighted by atomic mass is 32.2. The number of thiophene rings is 1. The molecular weight excluding hydrogens is 620 g/mol.